The highest BCUT2D eigenvalue weighted by molar-refractivity contribution is 7.90. The maximum Gasteiger partial charge on any atom is 0.263 e. The van der Waals surface area contributed by atoms with Crippen molar-refractivity contribution in [2.24, 2.45) is 4.99 Å². The molecule has 2 heterocycles. The lowest BCUT2D eigenvalue weighted by molar-refractivity contribution is -0.116. The zero-order chi connectivity index (χ0) is 19.6. The molecule has 1 amide bonds. The molecule has 0 saturated heterocycles. The van der Waals surface area contributed by atoms with Gasteiger partial charge in [-0.15, -0.1) is 10.2 Å². The van der Waals surface area contributed by atoms with Gasteiger partial charge in [-0.2, -0.15) is 0 Å². The minimum Gasteiger partial charge on any atom is -0.301 e. The monoisotopic (exact) mass is 419 g/mol. The van der Waals surface area contributed by atoms with Crippen molar-refractivity contribution in [2.45, 2.75) is 49.3 Å². The fourth-order valence-electron chi connectivity index (χ4n) is 2.98. The fourth-order valence-corrected chi connectivity index (χ4v) is 5.16. The maximum absolute atomic E-state index is 12.0. The van der Waals surface area contributed by atoms with E-state index in [0.717, 1.165) is 24.3 Å². The summed E-state index contributed by atoms with van der Waals surface area (Å²) in [4.78, 5) is 16.6. The van der Waals surface area contributed by atoms with Gasteiger partial charge in [0.15, 0.2) is 0 Å². The van der Waals surface area contributed by atoms with Crippen LogP contribution in [0.2, 0.25) is 0 Å². The summed E-state index contributed by atoms with van der Waals surface area (Å²) < 4.78 is 26.5. The van der Waals surface area contributed by atoms with Crippen LogP contribution >= 0.6 is 11.3 Å². The third kappa shape index (κ3) is 4.39. The Hall–Kier alpha value is -2.33. The van der Waals surface area contributed by atoms with E-state index in [4.69, 9.17) is 0 Å². The molecule has 1 aromatic carbocycles. The van der Waals surface area contributed by atoms with Gasteiger partial charge in [0.05, 0.1) is 4.90 Å². The first-order valence-corrected chi connectivity index (χ1v) is 11.6. The van der Waals surface area contributed by atoms with Gasteiger partial charge < -0.3 is 5.32 Å². The summed E-state index contributed by atoms with van der Waals surface area (Å²) >= 11 is 1.46. The Morgan fingerprint density at radius 3 is 2.86 bits per heavy atom. The molecular formula is C18H21N5O3S2. The molecular weight excluding hydrogens is 398 g/mol. The van der Waals surface area contributed by atoms with Crippen LogP contribution < -0.4 is 10.0 Å². The van der Waals surface area contributed by atoms with E-state index in [-0.39, 0.29) is 10.8 Å². The Kier molecular flexibility index (Phi) is 5.40. The zero-order valence-electron chi connectivity index (χ0n) is 15.2. The van der Waals surface area contributed by atoms with Crippen LogP contribution in [0.15, 0.2) is 34.2 Å². The Morgan fingerprint density at radius 1 is 1.21 bits per heavy atom. The molecule has 10 heteroatoms. The molecule has 0 radical (unpaired) electrons. The van der Waals surface area contributed by atoms with Crippen molar-refractivity contribution < 1.29 is 13.2 Å². The van der Waals surface area contributed by atoms with Crippen LogP contribution in [0.1, 0.15) is 55.0 Å². The number of nitrogens with zero attached hydrogens (tertiary/aromatic N) is 3. The lowest BCUT2D eigenvalue weighted by atomic mass is 10.2. The quantitative estimate of drug-likeness (QED) is 0.639. The van der Waals surface area contributed by atoms with Crippen molar-refractivity contribution in [3.05, 3.63) is 34.8 Å². The van der Waals surface area contributed by atoms with Gasteiger partial charge in [-0.3, -0.25) is 14.5 Å². The van der Waals surface area contributed by atoms with Crippen LogP contribution in [0.4, 0.5) is 5.13 Å². The van der Waals surface area contributed by atoms with E-state index < -0.39 is 10.0 Å². The molecule has 2 N–H and O–H groups in total. The van der Waals surface area contributed by atoms with Gasteiger partial charge in [0.2, 0.25) is 11.0 Å². The summed E-state index contributed by atoms with van der Waals surface area (Å²) in [5, 5.41) is 12.5. The predicted octanol–water partition coefficient (Wildman–Crippen LogP) is 2.65. The molecule has 8 nitrogen and oxygen atoms in total. The highest BCUT2D eigenvalue weighted by Crippen LogP contribution is 2.42. The number of amidine groups is 1. The molecule has 1 aliphatic carbocycles. The normalized spacial score (nSPS) is 18.6. The molecule has 1 aliphatic heterocycles. The summed E-state index contributed by atoms with van der Waals surface area (Å²) in [5.74, 6) is 0.888. The molecule has 2 aromatic rings. The fraction of sp³-hybridized carbons (Fsp3) is 0.444. The molecule has 1 fully saturated rings. The van der Waals surface area contributed by atoms with Crippen LogP contribution in [0.5, 0.6) is 0 Å². The number of aliphatic imine (C=N–C) groups is 1. The second-order valence-corrected chi connectivity index (χ2v) is 9.57. The van der Waals surface area contributed by atoms with Crippen molar-refractivity contribution in [1.29, 1.82) is 0 Å². The smallest absolute Gasteiger partial charge is 0.263 e. The lowest BCUT2D eigenvalue weighted by Crippen LogP contribution is -2.22. The van der Waals surface area contributed by atoms with E-state index in [9.17, 15) is 13.2 Å². The first kappa shape index (κ1) is 19.0. The topological polar surface area (TPSA) is 113 Å². The average molecular weight is 420 g/mol. The van der Waals surface area contributed by atoms with Crippen LogP contribution in [-0.2, 0) is 14.8 Å². The van der Waals surface area contributed by atoms with Crippen LogP contribution in [0, 0.1) is 0 Å². The van der Waals surface area contributed by atoms with Gasteiger partial charge in [-0.1, -0.05) is 29.9 Å². The number of carbonyl (C=O) groups excluding carboxylic acids is 1. The minimum atomic E-state index is -3.49. The number of hydrogen-bond acceptors (Lipinski definition) is 7. The van der Waals surface area contributed by atoms with Gasteiger partial charge in [-0.25, -0.2) is 8.42 Å². The van der Waals surface area contributed by atoms with Crippen LogP contribution in [-0.4, -0.2) is 36.9 Å². The SMILES string of the molecule is O=C(CCCCCN=C1NS(=O)(=O)c2ccccc21)Nc1nnc(C2CC2)s1. The molecule has 1 aromatic heterocycles. The van der Waals surface area contributed by atoms with Gasteiger partial charge in [0.1, 0.15) is 10.8 Å². The second-order valence-electron chi connectivity index (χ2n) is 6.91. The largest absolute Gasteiger partial charge is 0.301 e. The van der Waals surface area contributed by atoms with Crippen molar-refractivity contribution in [3.8, 4) is 0 Å². The second kappa shape index (κ2) is 7.96. The van der Waals surface area contributed by atoms with E-state index in [1.54, 1.807) is 24.3 Å². The number of sulfonamides is 1. The number of anilines is 1. The van der Waals surface area contributed by atoms with E-state index in [2.05, 4.69) is 25.2 Å². The van der Waals surface area contributed by atoms with E-state index in [1.165, 1.54) is 24.2 Å². The molecule has 0 unspecified atom stereocenters. The van der Waals surface area contributed by atoms with Gasteiger partial charge in [0, 0.05) is 24.4 Å². The molecule has 4 rings (SSSR count). The first-order chi connectivity index (χ1) is 13.5. The highest BCUT2D eigenvalue weighted by Gasteiger charge is 2.30. The number of amides is 1. The zero-order valence-corrected chi connectivity index (χ0v) is 16.9. The Morgan fingerprint density at radius 2 is 2.04 bits per heavy atom. The van der Waals surface area contributed by atoms with Gasteiger partial charge in [0.25, 0.3) is 10.0 Å². The third-order valence-electron chi connectivity index (χ3n) is 4.61. The molecule has 0 bridgehead atoms. The third-order valence-corrected chi connectivity index (χ3v) is 7.01. The summed E-state index contributed by atoms with van der Waals surface area (Å²) in [6.07, 6.45) is 5.12. The van der Waals surface area contributed by atoms with Crippen LogP contribution in [0.25, 0.3) is 0 Å². The Bertz CT molecular complexity index is 1010. The van der Waals surface area contributed by atoms with Crippen molar-refractivity contribution in [2.75, 3.05) is 11.9 Å². The molecule has 1 saturated carbocycles. The molecule has 28 heavy (non-hydrogen) atoms. The summed E-state index contributed by atoms with van der Waals surface area (Å²) in [6, 6.07) is 6.81. The number of fused-ring (bicyclic) bond motifs is 1. The highest BCUT2D eigenvalue weighted by atomic mass is 32.2. The Labute approximate surface area is 167 Å². The van der Waals surface area contributed by atoms with Crippen molar-refractivity contribution >= 4 is 38.2 Å². The Balaban J connectivity index is 1.18. The molecule has 0 spiro atoms. The lowest BCUT2D eigenvalue weighted by Gasteiger charge is -2.02. The maximum atomic E-state index is 12.0. The number of carbonyl (C=O) groups is 1. The van der Waals surface area contributed by atoms with Crippen molar-refractivity contribution in [3.63, 3.8) is 0 Å². The molecule has 2 aliphatic rings. The summed E-state index contributed by atoms with van der Waals surface area (Å²) in [6.45, 7) is 0.509. The van der Waals surface area contributed by atoms with Crippen LogP contribution in [0.3, 0.4) is 0 Å². The van der Waals surface area contributed by atoms with Crippen molar-refractivity contribution in [1.82, 2.24) is 14.9 Å². The summed E-state index contributed by atoms with van der Waals surface area (Å²) in [7, 11) is -3.49. The number of nitrogens with one attached hydrogen (secondary N) is 2. The standard InChI is InChI=1S/C18H21N5O3S2/c24-15(20-18-22-21-17(27-18)12-9-10-12)8-2-1-5-11-19-16-13-6-3-4-7-14(13)28(25,26)23-16/h3-4,6-7,12H,1-2,5,8-11H2,(H,19,23)(H,20,22,24). The molecule has 0 atom stereocenters. The minimum absolute atomic E-state index is 0.0534. The van der Waals surface area contributed by atoms with Gasteiger partial charge in [-0.05, 0) is 37.8 Å². The number of unbranched alkanes of at least 4 members (excludes halogenated alkanes) is 2. The van der Waals surface area contributed by atoms with Gasteiger partial charge >= 0.3 is 0 Å². The number of hydrogen-bond donors (Lipinski definition) is 2. The summed E-state index contributed by atoms with van der Waals surface area (Å²) in [5.41, 5.74) is 0.615. The number of benzene rings is 1. The van der Waals surface area contributed by atoms with E-state index >= 15 is 0 Å². The van der Waals surface area contributed by atoms with E-state index in [0.29, 0.717) is 35.4 Å². The predicted molar refractivity (Wildman–Crippen MR) is 107 cm³/mol. The van der Waals surface area contributed by atoms with E-state index in [1.807, 2.05) is 0 Å². The number of rotatable bonds is 8. The molecule has 148 valence electrons. The number of aromatic nitrogens is 2. The average Bonchev–Trinajstić information content (AvgIpc) is 3.36. The first-order valence-electron chi connectivity index (χ1n) is 9.33.